The number of carbonyl (C=O) groups excluding carboxylic acids is 1. The van der Waals surface area contributed by atoms with Gasteiger partial charge < -0.3 is 4.74 Å². The van der Waals surface area contributed by atoms with Crippen LogP contribution in [0, 0.1) is 0 Å². The molecule has 0 unspecified atom stereocenters. The van der Waals surface area contributed by atoms with Crippen LogP contribution in [0.5, 0.6) is 11.5 Å². The predicted molar refractivity (Wildman–Crippen MR) is 70.4 cm³/mol. The van der Waals surface area contributed by atoms with Crippen molar-refractivity contribution in [1.29, 1.82) is 0 Å². The molecule has 0 fully saturated rings. The first-order chi connectivity index (χ1) is 8.70. The van der Waals surface area contributed by atoms with Crippen molar-refractivity contribution < 1.29 is 9.53 Å². The molecule has 4 heteroatoms. The molecule has 1 heterocycles. The average Bonchev–Trinajstić information content (AvgIpc) is 2.38. The topological polar surface area (TPSA) is 39.2 Å². The number of hydrogen-bond acceptors (Lipinski definition) is 3. The lowest BCUT2D eigenvalue weighted by atomic mass is 10.1. The summed E-state index contributed by atoms with van der Waals surface area (Å²) in [4.78, 5) is 15.7. The summed E-state index contributed by atoms with van der Waals surface area (Å²) in [5.41, 5.74) is 0.569. The molecule has 0 aliphatic heterocycles. The Kier molecular flexibility index (Phi) is 3.95. The lowest BCUT2D eigenvalue weighted by Gasteiger charge is -2.09. The van der Waals surface area contributed by atoms with E-state index in [1.807, 2.05) is 19.1 Å². The molecule has 0 aliphatic rings. The minimum absolute atomic E-state index is 0.0422. The van der Waals surface area contributed by atoms with Crippen LogP contribution in [0.1, 0.15) is 23.7 Å². The van der Waals surface area contributed by atoms with Gasteiger partial charge in [0.1, 0.15) is 11.5 Å². The quantitative estimate of drug-likeness (QED) is 0.777. The van der Waals surface area contributed by atoms with Crippen LogP contribution >= 0.6 is 11.6 Å². The van der Waals surface area contributed by atoms with E-state index in [9.17, 15) is 4.79 Å². The van der Waals surface area contributed by atoms with Gasteiger partial charge in [0, 0.05) is 18.7 Å². The summed E-state index contributed by atoms with van der Waals surface area (Å²) in [6, 6.07) is 8.79. The van der Waals surface area contributed by atoms with E-state index >= 15 is 0 Å². The van der Waals surface area contributed by atoms with Gasteiger partial charge in [-0.05, 0) is 12.1 Å². The lowest BCUT2D eigenvalue weighted by Crippen LogP contribution is -1.99. The fourth-order valence-electron chi connectivity index (χ4n) is 1.55. The van der Waals surface area contributed by atoms with Crippen LogP contribution in [-0.4, -0.2) is 10.8 Å². The molecule has 0 amide bonds. The van der Waals surface area contributed by atoms with Crippen LogP contribution in [0.4, 0.5) is 0 Å². The molecular weight excluding hydrogens is 250 g/mol. The number of ketones is 1. The zero-order valence-corrected chi connectivity index (χ0v) is 10.6. The molecule has 0 saturated carbocycles. The molecule has 92 valence electrons. The van der Waals surface area contributed by atoms with Crippen molar-refractivity contribution in [3.05, 3.63) is 53.3 Å². The summed E-state index contributed by atoms with van der Waals surface area (Å²) in [6.45, 7) is 1.82. The third kappa shape index (κ3) is 2.87. The summed E-state index contributed by atoms with van der Waals surface area (Å²) in [6.07, 6.45) is 3.52. The van der Waals surface area contributed by atoms with Gasteiger partial charge in [-0.3, -0.25) is 9.78 Å². The highest BCUT2D eigenvalue weighted by atomic mass is 35.5. The van der Waals surface area contributed by atoms with Gasteiger partial charge in [-0.15, -0.1) is 0 Å². The van der Waals surface area contributed by atoms with Gasteiger partial charge in [0.2, 0.25) is 0 Å². The fourth-order valence-corrected chi connectivity index (χ4v) is 1.72. The third-order valence-corrected chi connectivity index (χ3v) is 2.62. The molecule has 0 radical (unpaired) electrons. The number of pyridine rings is 1. The zero-order chi connectivity index (χ0) is 13.0. The second-order valence-corrected chi connectivity index (χ2v) is 4.15. The summed E-state index contributed by atoms with van der Waals surface area (Å²) < 4.78 is 5.65. The van der Waals surface area contributed by atoms with E-state index in [0.29, 0.717) is 28.5 Å². The number of aromatic nitrogens is 1. The molecule has 0 saturated heterocycles. The fraction of sp³-hybridized carbons (Fsp3) is 0.143. The average molecular weight is 262 g/mol. The molecule has 0 N–H and O–H groups in total. The van der Waals surface area contributed by atoms with Gasteiger partial charge in [0.15, 0.2) is 5.78 Å². The minimum Gasteiger partial charge on any atom is -0.455 e. The van der Waals surface area contributed by atoms with Crippen molar-refractivity contribution in [2.75, 3.05) is 0 Å². The van der Waals surface area contributed by atoms with Gasteiger partial charge in [0.05, 0.1) is 16.8 Å². The Balaban J connectivity index is 2.32. The van der Waals surface area contributed by atoms with Gasteiger partial charge >= 0.3 is 0 Å². The van der Waals surface area contributed by atoms with Gasteiger partial charge in [0.25, 0.3) is 0 Å². The zero-order valence-electron chi connectivity index (χ0n) is 9.89. The molecule has 0 spiro atoms. The van der Waals surface area contributed by atoms with Crippen molar-refractivity contribution in [2.45, 2.75) is 13.3 Å². The maximum absolute atomic E-state index is 11.8. The number of carbonyl (C=O) groups is 1. The Labute approximate surface area is 110 Å². The van der Waals surface area contributed by atoms with E-state index in [1.165, 1.54) is 6.20 Å². The van der Waals surface area contributed by atoms with E-state index in [2.05, 4.69) is 4.98 Å². The van der Waals surface area contributed by atoms with Crippen LogP contribution in [0.2, 0.25) is 5.02 Å². The van der Waals surface area contributed by atoms with Crippen molar-refractivity contribution >= 4 is 17.4 Å². The Morgan fingerprint density at radius 3 is 2.83 bits per heavy atom. The first-order valence-electron chi connectivity index (χ1n) is 5.61. The van der Waals surface area contributed by atoms with E-state index in [1.54, 1.807) is 24.4 Å². The van der Waals surface area contributed by atoms with Crippen molar-refractivity contribution in [2.24, 2.45) is 0 Å². The van der Waals surface area contributed by atoms with Crippen molar-refractivity contribution in [1.82, 2.24) is 4.98 Å². The Morgan fingerprint density at radius 2 is 2.11 bits per heavy atom. The molecule has 18 heavy (non-hydrogen) atoms. The Bertz CT molecular complexity index is 569. The Hall–Kier alpha value is -1.87. The normalized spacial score (nSPS) is 10.1. The monoisotopic (exact) mass is 261 g/mol. The highest BCUT2D eigenvalue weighted by Gasteiger charge is 2.10. The van der Waals surface area contributed by atoms with Gasteiger partial charge in [-0.2, -0.15) is 0 Å². The molecule has 1 aromatic heterocycles. The van der Waals surface area contributed by atoms with Crippen molar-refractivity contribution in [3.8, 4) is 11.5 Å². The van der Waals surface area contributed by atoms with Crippen LogP contribution in [0.25, 0.3) is 0 Å². The first kappa shape index (κ1) is 12.6. The molecule has 3 nitrogen and oxygen atoms in total. The lowest BCUT2D eigenvalue weighted by molar-refractivity contribution is 0.0986. The summed E-state index contributed by atoms with van der Waals surface area (Å²) in [5.74, 6) is 1.08. The number of halogens is 1. The molecule has 2 rings (SSSR count). The highest BCUT2D eigenvalue weighted by Crippen LogP contribution is 2.27. The molecule has 0 bridgehead atoms. The van der Waals surface area contributed by atoms with E-state index in [-0.39, 0.29) is 5.78 Å². The first-order valence-corrected chi connectivity index (χ1v) is 5.99. The molecule has 0 atom stereocenters. The largest absolute Gasteiger partial charge is 0.455 e. The number of para-hydroxylation sites is 1. The maximum atomic E-state index is 11.8. The molecule has 1 aromatic carbocycles. The highest BCUT2D eigenvalue weighted by molar-refractivity contribution is 6.30. The summed E-state index contributed by atoms with van der Waals surface area (Å²) in [7, 11) is 0. The maximum Gasteiger partial charge on any atom is 0.166 e. The molecule has 0 aliphatic carbocycles. The van der Waals surface area contributed by atoms with Crippen LogP contribution < -0.4 is 4.74 Å². The number of hydrogen-bond donors (Lipinski definition) is 0. The second kappa shape index (κ2) is 5.65. The SMILES string of the molecule is CCC(=O)c1ccccc1Oc1cncc(Cl)c1. The van der Waals surface area contributed by atoms with E-state index < -0.39 is 0 Å². The third-order valence-electron chi connectivity index (χ3n) is 2.42. The number of ether oxygens (including phenoxy) is 1. The standard InChI is InChI=1S/C14H12ClNO2/c1-2-13(17)12-5-3-4-6-14(12)18-11-7-10(15)8-16-9-11/h3-9H,2H2,1H3. The minimum atomic E-state index is 0.0422. The second-order valence-electron chi connectivity index (χ2n) is 3.71. The number of Topliss-reactive ketones (excluding diaryl/α,β-unsaturated/α-hetero) is 1. The Morgan fingerprint density at radius 1 is 1.33 bits per heavy atom. The van der Waals surface area contributed by atoms with Gasteiger partial charge in [-0.1, -0.05) is 30.7 Å². The molecule has 2 aromatic rings. The van der Waals surface area contributed by atoms with E-state index in [4.69, 9.17) is 16.3 Å². The van der Waals surface area contributed by atoms with Crippen LogP contribution in [-0.2, 0) is 0 Å². The van der Waals surface area contributed by atoms with Crippen LogP contribution in [0.15, 0.2) is 42.7 Å². The summed E-state index contributed by atoms with van der Waals surface area (Å²) >= 11 is 5.83. The number of nitrogens with zero attached hydrogens (tertiary/aromatic N) is 1. The number of rotatable bonds is 4. The van der Waals surface area contributed by atoms with E-state index in [0.717, 1.165) is 0 Å². The predicted octanol–water partition coefficient (Wildman–Crippen LogP) is 4.12. The van der Waals surface area contributed by atoms with Gasteiger partial charge in [-0.25, -0.2) is 0 Å². The molecular formula is C14H12ClNO2. The number of benzene rings is 1. The van der Waals surface area contributed by atoms with Crippen molar-refractivity contribution in [3.63, 3.8) is 0 Å². The van der Waals surface area contributed by atoms with Crippen LogP contribution in [0.3, 0.4) is 0 Å². The smallest absolute Gasteiger partial charge is 0.166 e. The summed E-state index contributed by atoms with van der Waals surface area (Å²) in [5, 5.41) is 0.492.